The van der Waals surface area contributed by atoms with Crippen LogP contribution in [0, 0.1) is 5.92 Å². The summed E-state index contributed by atoms with van der Waals surface area (Å²) in [4.78, 5) is 25.5. The summed E-state index contributed by atoms with van der Waals surface area (Å²) < 4.78 is 16.0. The van der Waals surface area contributed by atoms with Crippen molar-refractivity contribution in [1.82, 2.24) is 4.90 Å². The minimum Gasteiger partial charge on any atom is -0.489 e. The quantitative estimate of drug-likeness (QED) is 0.587. The Bertz CT molecular complexity index is 745. The zero-order chi connectivity index (χ0) is 20.4. The number of esters is 1. The number of nitrogens with zero attached hydrogens (tertiary/aromatic N) is 1. The second kappa shape index (κ2) is 11.0. The molecule has 2 rings (SSSR count). The molecule has 0 radical (unpaired) electrons. The first-order valence-corrected chi connectivity index (χ1v) is 9.28. The summed E-state index contributed by atoms with van der Waals surface area (Å²) in [5.41, 5.74) is 1.09. The van der Waals surface area contributed by atoms with Crippen molar-refractivity contribution in [3.63, 3.8) is 0 Å². The maximum Gasteiger partial charge on any atom is 0.310 e. The highest BCUT2D eigenvalue weighted by Gasteiger charge is 2.20. The lowest BCUT2D eigenvalue weighted by atomic mass is 10.1. The molecule has 2 aromatic carbocycles. The van der Waals surface area contributed by atoms with Crippen LogP contribution in [0.2, 0.25) is 0 Å². The second-order valence-electron chi connectivity index (χ2n) is 6.39. The van der Waals surface area contributed by atoms with Gasteiger partial charge >= 0.3 is 5.97 Å². The van der Waals surface area contributed by atoms with Crippen molar-refractivity contribution in [3.8, 4) is 11.5 Å². The fourth-order valence-corrected chi connectivity index (χ4v) is 2.62. The molecule has 0 fully saturated rings. The Morgan fingerprint density at radius 3 is 2.14 bits per heavy atom. The molecule has 28 heavy (non-hydrogen) atoms. The van der Waals surface area contributed by atoms with Gasteiger partial charge in [-0.15, -0.1) is 0 Å². The maximum atomic E-state index is 12.3. The van der Waals surface area contributed by atoms with E-state index in [1.54, 1.807) is 36.1 Å². The lowest BCUT2D eigenvalue weighted by Crippen LogP contribution is -2.39. The van der Waals surface area contributed by atoms with Crippen LogP contribution in [0.15, 0.2) is 54.6 Å². The van der Waals surface area contributed by atoms with E-state index in [-0.39, 0.29) is 24.4 Å². The number of methoxy groups -OCH3 is 1. The normalized spacial score (nSPS) is 11.4. The van der Waals surface area contributed by atoms with Crippen LogP contribution in [0.4, 0.5) is 0 Å². The van der Waals surface area contributed by atoms with E-state index in [4.69, 9.17) is 14.2 Å². The van der Waals surface area contributed by atoms with Crippen LogP contribution in [0.5, 0.6) is 11.5 Å². The molecule has 0 saturated heterocycles. The minimum absolute atomic E-state index is 0.0913. The van der Waals surface area contributed by atoms with Crippen molar-refractivity contribution >= 4 is 11.9 Å². The van der Waals surface area contributed by atoms with Crippen LogP contribution in [0.3, 0.4) is 0 Å². The summed E-state index contributed by atoms with van der Waals surface area (Å²) in [7, 11) is 1.34. The molecule has 0 aromatic heterocycles. The molecular weight excluding hydrogens is 358 g/mol. The van der Waals surface area contributed by atoms with Gasteiger partial charge in [-0.05, 0) is 36.8 Å². The summed E-state index contributed by atoms with van der Waals surface area (Å²) in [6.07, 6.45) is 0. The topological polar surface area (TPSA) is 65.1 Å². The standard InChI is InChI=1S/C22H27NO5/c1-4-23(14-17(2)22(25)26-3)21(24)16-28-20-12-10-19(11-13-20)27-15-18-8-6-5-7-9-18/h5-13,17H,4,14-16H2,1-3H3. The molecule has 150 valence electrons. The average Bonchev–Trinajstić information content (AvgIpc) is 2.74. The van der Waals surface area contributed by atoms with E-state index in [9.17, 15) is 9.59 Å². The van der Waals surface area contributed by atoms with E-state index in [2.05, 4.69) is 0 Å². The third kappa shape index (κ3) is 6.61. The number of carbonyl (C=O) groups is 2. The van der Waals surface area contributed by atoms with E-state index in [1.807, 2.05) is 37.3 Å². The zero-order valence-electron chi connectivity index (χ0n) is 16.6. The van der Waals surface area contributed by atoms with Gasteiger partial charge in [-0.2, -0.15) is 0 Å². The number of amides is 1. The Morgan fingerprint density at radius 2 is 1.57 bits per heavy atom. The van der Waals surface area contributed by atoms with Crippen LogP contribution >= 0.6 is 0 Å². The van der Waals surface area contributed by atoms with Gasteiger partial charge in [-0.3, -0.25) is 9.59 Å². The van der Waals surface area contributed by atoms with Crippen molar-refractivity contribution in [2.24, 2.45) is 5.92 Å². The van der Waals surface area contributed by atoms with Gasteiger partial charge in [0.15, 0.2) is 6.61 Å². The van der Waals surface area contributed by atoms with E-state index < -0.39 is 0 Å². The monoisotopic (exact) mass is 385 g/mol. The Morgan fingerprint density at radius 1 is 0.964 bits per heavy atom. The highest BCUT2D eigenvalue weighted by atomic mass is 16.5. The van der Waals surface area contributed by atoms with Crippen molar-refractivity contribution in [2.45, 2.75) is 20.5 Å². The Kier molecular flexibility index (Phi) is 8.34. The van der Waals surface area contributed by atoms with Gasteiger partial charge < -0.3 is 19.1 Å². The molecule has 6 heteroatoms. The number of carbonyl (C=O) groups excluding carboxylic acids is 2. The molecule has 0 saturated carbocycles. The lowest BCUT2D eigenvalue weighted by molar-refractivity contribution is -0.146. The third-order valence-corrected chi connectivity index (χ3v) is 4.27. The van der Waals surface area contributed by atoms with Crippen molar-refractivity contribution in [2.75, 3.05) is 26.8 Å². The average molecular weight is 385 g/mol. The summed E-state index contributed by atoms with van der Waals surface area (Å²) in [5.74, 6) is 0.415. The van der Waals surface area contributed by atoms with Gasteiger partial charge in [0, 0.05) is 13.1 Å². The molecular formula is C22H27NO5. The minimum atomic E-state index is -0.380. The second-order valence-corrected chi connectivity index (χ2v) is 6.39. The molecule has 0 N–H and O–H groups in total. The highest BCUT2D eigenvalue weighted by Crippen LogP contribution is 2.19. The first kappa shape index (κ1) is 21.3. The number of benzene rings is 2. The smallest absolute Gasteiger partial charge is 0.310 e. The number of ether oxygens (including phenoxy) is 3. The van der Waals surface area contributed by atoms with Crippen LogP contribution in [-0.2, 0) is 20.9 Å². The number of hydrogen-bond donors (Lipinski definition) is 0. The SMILES string of the molecule is CCN(CC(C)C(=O)OC)C(=O)COc1ccc(OCc2ccccc2)cc1. The van der Waals surface area contributed by atoms with Crippen LogP contribution in [0.25, 0.3) is 0 Å². The number of likely N-dealkylation sites (N-methyl/N-ethyl adjacent to an activating group) is 1. The van der Waals surface area contributed by atoms with Crippen molar-refractivity contribution < 1.29 is 23.8 Å². The van der Waals surface area contributed by atoms with E-state index in [1.165, 1.54) is 7.11 Å². The maximum absolute atomic E-state index is 12.3. The van der Waals surface area contributed by atoms with Crippen LogP contribution in [0.1, 0.15) is 19.4 Å². The van der Waals surface area contributed by atoms with Crippen LogP contribution < -0.4 is 9.47 Å². The molecule has 0 heterocycles. The number of rotatable bonds is 10. The Labute approximate surface area is 166 Å². The first-order chi connectivity index (χ1) is 13.5. The molecule has 0 bridgehead atoms. The fraction of sp³-hybridized carbons (Fsp3) is 0.364. The lowest BCUT2D eigenvalue weighted by Gasteiger charge is -2.23. The predicted octanol–water partition coefficient (Wildman–Crippen LogP) is 3.30. The summed E-state index contributed by atoms with van der Waals surface area (Å²) in [6, 6.07) is 17.1. The molecule has 6 nitrogen and oxygen atoms in total. The Hall–Kier alpha value is -3.02. The molecule has 2 aromatic rings. The molecule has 1 unspecified atom stereocenters. The fourth-order valence-electron chi connectivity index (χ4n) is 2.62. The molecule has 0 aliphatic carbocycles. The molecule has 0 aliphatic rings. The van der Waals surface area contributed by atoms with E-state index in [0.29, 0.717) is 25.4 Å². The van der Waals surface area contributed by atoms with Gasteiger partial charge in [0.2, 0.25) is 0 Å². The van der Waals surface area contributed by atoms with Gasteiger partial charge in [0.25, 0.3) is 5.91 Å². The predicted molar refractivity (Wildman–Crippen MR) is 106 cm³/mol. The van der Waals surface area contributed by atoms with Crippen molar-refractivity contribution in [1.29, 1.82) is 0 Å². The molecule has 0 spiro atoms. The first-order valence-electron chi connectivity index (χ1n) is 9.28. The van der Waals surface area contributed by atoms with Crippen LogP contribution in [-0.4, -0.2) is 43.6 Å². The zero-order valence-corrected chi connectivity index (χ0v) is 16.6. The Balaban J connectivity index is 1.81. The van der Waals surface area contributed by atoms with E-state index in [0.717, 1.165) is 11.3 Å². The summed E-state index contributed by atoms with van der Waals surface area (Å²) in [5, 5.41) is 0. The molecule has 1 atom stereocenters. The van der Waals surface area contributed by atoms with Gasteiger partial charge in [-0.1, -0.05) is 37.3 Å². The summed E-state index contributed by atoms with van der Waals surface area (Å²) in [6.45, 7) is 4.79. The van der Waals surface area contributed by atoms with Crippen molar-refractivity contribution in [3.05, 3.63) is 60.2 Å². The van der Waals surface area contributed by atoms with Gasteiger partial charge in [0.05, 0.1) is 13.0 Å². The molecule has 1 amide bonds. The van der Waals surface area contributed by atoms with E-state index >= 15 is 0 Å². The third-order valence-electron chi connectivity index (χ3n) is 4.27. The summed E-state index contributed by atoms with van der Waals surface area (Å²) >= 11 is 0. The number of hydrogen-bond acceptors (Lipinski definition) is 5. The van der Waals surface area contributed by atoms with Gasteiger partial charge in [-0.25, -0.2) is 0 Å². The largest absolute Gasteiger partial charge is 0.489 e. The highest BCUT2D eigenvalue weighted by molar-refractivity contribution is 5.79. The van der Waals surface area contributed by atoms with Gasteiger partial charge in [0.1, 0.15) is 18.1 Å². The molecule has 0 aliphatic heterocycles.